The lowest BCUT2D eigenvalue weighted by Crippen LogP contribution is -2.10. The first-order valence-corrected chi connectivity index (χ1v) is 5.09. The highest BCUT2D eigenvalue weighted by Crippen LogP contribution is 2.18. The zero-order valence-corrected chi connectivity index (χ0v) is 8.29. The molecule has 0 amide bonds. The predicted octanol–water partition coefficient (Wildman–Crippen LogP) is 1.95. The zero-order valence-electron chi connectivity index (χ0n) is 8.29. The van der Waals surface area contributed by atoms with Gasteiger partial charge in [0.05, 0.1) is 17.6 Å². The van der Waals surface area contributed by atoms with Gasteiger partial charge in [0.15, 0.2) is 0 Å². The molecule has 0 spiro atoms. The summed E-state index contributed by atoms with van der Waals surface area (Å²) in [5.74, 6) is 0.866. The van der Waals surface area contributed by atoms with Gasteiger partial charge in [0, 0.05) is 6.54 Å². The highest BCUT2D eigenvalue weighted by atomic mass is 15.0. The minimum atomic E-state index is 0.744. The summed E-state index contributed by atoms with van der Waals surface area (Å²) in [6.45, 7) is 4.40. The molecule has 0 atom stereocenters. The third kappa shape index (κ3) is 1.92. The third-order valence-electron chi connectivity index (χ3n) is 2.44. The fourth-order valence-corrected chi connectivity index (χ4v) is 1.71. The van der Waals surface area contributed by atoms with Crippen molar-refractivity contribution >= 4 is 5.82 Å². The van der Waals surface area contributed by atoms with Crippen LogP contribution in [0, 0.1) is 0 Å². The van der Waals surface area contributed by atoms with E-state index in [1.165, 1.54) is 24.2 Å². The lowest BCUT2D eigenvalue weighted by molar-refractivity contribution is 0.650. The Morgan fingerprint density at radius 1 is 1.36 bits per heavy atom. The molecule has 0 bridgehead atoms. The number of nitrogens with zero attached hydrogens (tertiary/aromatic N) is 2. The molecule has 1 aromatic rings. The topological polar surface area (TPSA) is 37.8 Å². The number of aryl methyl sites for hydroxylation is 2. The normalized spacial score (nSPS) is 14.6. The van der Waals surface area contributed by atoms with E-state index >= 15 is 0 Å². The molecule has 0 saturated carbocycles. The fraction of sp³-hybridized carbons (Fsp3) is 0.455. The lowest BCUT2D eigenvalue weighted by Gasteiger charge is -2.14. The molecule has 0 saturated heterocycles. The third-order valence-corrected chi connectivity index (χ3v) is 2.44. The van der Waals surface area contributed by atoms with E-state index in [2.05, 4.69) is 21.9 Å². The molecule has 3 nitrogen and oxygen atoms in total. The number of nitrogens with one attached hydrogen (secondary N) is 1. The number of fused-ring (bicyclic) bond motifs is 1. The summed E-state index contributed by atoms with van der Waals surface area (Å²) < 4.78 is 0. The molecule has 2 rings (SSSR count). The Kier molecular flexibility index (Phi) is 2.77. The van der Waals surface area contributed by atoms with Crippen molar-refractivity contribution < 1.29 is 0 Å². The van der Waals surface area contributed by atoms with Gasteiger partial charge in [0.25, 0.3) is 0 Å². The molecule has 1 aliphatic carbocycles. The van der Waals surface area contributed by atoms with Crippen molar-refractivity contribution in [3.63, 3.8) is 0 Å². The second kappa shape index (κ2) is 4.22. The largest absolute Gasteiger partial charge is 0.365 e. The smallest absolute Gasteiger partial charge is 0.145 e. The van der Waals surface area contributed by atoms with Crippen LogP contribution in [0.4, 0.5) is 5.82 Å². The van der Waals surface area contributed by atoms with Crippen molar-refractivity contribution in [1.82, 2.24) is 9.97 Å². The molecule has 74 valence electrons. The van der Waals surface area contributed by atoms with Crippen LogP contribution in [0.1, 0.15) is 24.2 Å². The van der Waals surface area contributed by atoms with Crippen molar-refractivity contribution in [2.24, 2.45) is 0 Å². The van der Waals surface area contributed by atoms with E-state index in [9.17, 15) is 0 Å². The Morgan fingerprint density at radius 2 is 2.14 bits per heavy atom. The molecule has 1 aromatic heterocycles. The van der Waals surface area contributed by atoms with Gasteiger partial charge in [-0.3, -0.25) is 4.98 Å². The minimum Gasteiger partial charge on any atom is -0.365 e. The first-order valence-electron chi connectivity index (χ1n) is 5.09. The monoisotopic (exact) mass is 189 g/mol. The van der Waals surface area contributed by atoms with Gasteiger partial charge in [0.2, 0.25) is 0 Å². The van der Waals surface area contributed by atoms with Crippen molar-refractivity contribution in [2.45, 2.75) is 25.7 Å². The summed E-state index contributed by atoms with van der Waals surface area (Å²) in [5.41, 5.74) is 2.35. The van der Waals surface area contributed by atoms with Crippen LogP contribution in [0.2, 0.25) is 0 Å². The number of rotatable bonds is 3. The average molecular weight is 189 g/mol. The van der Waals surface area contributed by atoms with Crippen molar-refractivity contribution in [2.75, 3.05) is 11.9 Å². The summed E-state index contributed by atoms with van der Waals surface area (Å²) in [4.78, 5) is 8.94. The Bertz CT molecular complexity index is 333. The van der Waals surface area contributed by atoms with Gasteiger partial charge >= 0.3 is 0 Å². The van der Waals surface area contributed by atoms with E-state index in [0.29, 0.717) is 0 Å². The Balaban J connectivity index is 2.16. The Hall–Kier alpha value is -1.38. The molecule has 0 aliphatic heterocycles. The molecule has 1 aliphatic rings. The summed E-state index contributed by atoms with van der Waals surface area (Å²) >= 11 is 0. The molecule has 1 heterocycles. The number of hydrogen-bond acceptors (Lipinski definition) is 3. The molecule has 0 radical (unpaired) electrons. The van der Waals surface area contributed by atoms with E-state index < -0.39 is 0 Å². The summed E-state index contributed by atoms with van der Waals surface area (Å²) in [6.07, 6.45) is 8.29. The number of hydrogen-bond donors (Lipinski definition) is 1. The van der Waals surface area contributed by atoms with Gasteiger partial charge in [-0.05, 0) is 25.7 Å². The fourth-order valence-electron chi connectivity index (χ4n) is 1.71. The maximum atomic E-state index is 4.53. The van der Waals surface area contributed by atoms with Gasteiger partial charge in [-0.15, -0.1) is 6.58 Å². The Morgan fingerprint density at radius 3 is 2.93 bits per heavy atom. The predicted molar refractivity (Wildman–Crippen MR) is 57.4 cm³/mol. The van der Waals surface area contributed by atoms with Crippen LogP contribution < -0.4 is 5.32 Å². The van der Waals surface area contributed by atoms with Gasteiger partial charge < -0.3 is 5.32 Å². The molecule has 0 aromatic carbocycles. The maximum Gasteiger partial charge on any atom is 0.145 e. The van der Waals surface area contributed by atoms with Gasteiger partial charge in [-0.1, -0.05) is 6.08 Å². The van der Waals surface area contributed by atoms with E-state index in [0.717, 1.165) is 25.2 Å². The minimum absolute atomic E-state index is 0.744. The van der Waals surface area contributed by atoms with Gasteiger partial charge in [0.1, 0.15) is 5.82 Å². The quantitative estimate of drug-likeness (QED) is 0.738. The van der Waals surface area contributed by atoms with Crippen LogP contribution in [0.15, 0.2) is 18.9 Å². The second-order valence-corrected chi connectivity index (χ2v) is 3.53. The van der Waals surface area contributed by atoms with Crippen LogP contribution in [-0.4, -0.2) is 16.5 Å². The highest BCUT2D eigenvalue weighted by molar-refractivity contribution is 5.35. The SMILES string of the molecule is C=CCNc1cnc2c(n1)CCCC2. The second-order valence-electron chi connectivity index (χ2n) is 3.53. The summed E-state index contributed by atoms with van der Waals surface area (Å²) in [7, 11) is 0. The summed E-state index contributed by atoms with van der Waals surface area (Å²) in [6, 6.07) is 0. The lowest BCUT2D eigenvalue weighted by atomic mass is 10.0. The maximum absolute atomic E-state index is 4.53. The zero-order chi connectivity index (χ0) is 9.80. The van der Waals surface area contributed by atoms with E-state index in [1.54, 1.807) is 0 Å². The van der Waals surface area contributed by atoms with Gasteiger partial charge in [-0.25, -0.2) is 4.98 Å². The molecule has 3 heteroatoms. The van der Waals surface area contributed by atoms with E-state index in [1.807, 2.05) is 12.3 Å². The number of aromatic nitrogens is 2. The van der Waals surface area contributed by atoms with Crippen LogP contribution in [-0.2, 0) is 12.8 Å². The highest BCUT2D eigenvalue weighted by Gasteiger charge is 2.11. The molecular formula is C11H15N3. The molecule has 0 fully saturated rings. The Labute approximate surface area is 84.3 Å². The first kappa shape index (κ1) is 9.19. The van der Waals surface area contributed by atoms with Crippen LogP contribution in [0.3, 0.4) is 0 Å². The van der Waals surface area contributed by atoms with Gasteiger partial charge in [-0.2, -0.15) is 0 Å². The molecule has 1 N–H and O–H groups in total. The average Bonchev–Trinajstić information content (AvgIpc) is 2.26. The van der Waals surface area contributed by atoms with Crippen LogP contribution in [0.25, 0.3) is 0 Å². The molecular weight excluding hydrogens is 174 g/mol. The molecule has 0 unspecified atom stereocenters. The van der Waals surface area contributed by atoms with Crippen LogP contribution in [0.5, 0.6) is 0 Å². The van der Waals surface area contributed by atoms with E-state index in [-0.39, 0.29) is 0 Å². The van der Waals surface area contributed by atoms with Crippen molar-refractivity contribution in [1.29, 1.82) is 0 Å². The van der Waals surface area contributed by atoms with Crippen molar-refractivity contribution in [3.8, 4) is 0 Å². The number of anilines is 1. The molecule has 14 heavy (non-hydrogen) atoms. The first-order chi connectivity index (χ1) is 6.90. The standard InChI is InChI=1S/C11H15N3/c1-2-7-12-11-8-13-9-5-3-4-6-10(9)14-11/h2,8H,1,3-7H2,(H,12,14). The van der Waals surface area contributed by atoms with E-state index in [4.69, 9.17) is 0 Å². The summed E-state index contributed by atoms with van der Waals surface area (Å²) in [5, 5.41) is 3.15. The van der Waals surface area contributed by atoms with Crippen molar-refractivity contribution in [3.05, 3.63) is 30.2 Å². The van der Waals surface area contributed by atoms with Crippen LogP contribution >= 0.6 is 0 Å².